The lowest BCUT2D eigenvalue weighted by molar-refractivity contribution is -0.355. The third-order valence-electron chi connectivity index (χ3n) is 9.54. The zero-order chi connectivity index (χ0) is 32.9. The van der Waals surface area contributed by atoms with Crippen LogP contribution in [0.15, 0.2) is 54.6 Å². The number of carbonyl (C=O) groups excluding carboxylic acids is 2. The topological polar surface area (TPSA) is 92.8 Å². The fourth-order valence-corrected chi connectivity index (χ4v) is 7.19. The molecule has 2 amide bonds. The second-order valence-corrected chi connectivity index (χ2v) is 18.7. The zero-order valence-electron chi connectivity index (χ0n) is 28.3. The summed E-state index contributed by atoms with van der Waals surface area (Å²) >= 11 is 0. The van der Waals surface area contributed by atoms with Crippen LogP contribution in [0, 0.1) is 17.8 Å². The van der Waals surface area contributed by atoms with Crippen LogP contribution in [-0.2, 0) is 41.2 Å². The Kier molecular flexibility index (Phi) is 11.5. The number of cyclic esters (lactones) is 1. The average Bonchev–Trinajstić information content (AvgIpc) is 3.37. The predicted molar refractivity (Wildman–Crippen MR) is 174 cm³/mol. The minimum Gasteiger partial charge on any atom is -0.497 e. The van der Waals surface area contributed by atoms with E-state index in [-0.39, 0.29) is 41.5 Å². The summed E-state index contributed by atoms with van der Waals surface area (Å²) in [6.45, 7) is 17.0. The molecule has 0 N–H and O–H groups in total. The number of rotatable bonds is 12. The second kappa shape index (κ2) is 14.8. The molecule has 45 heavy (non-hydrogen) atoms. The van der Waals surface area contributed by atoms with Gasteiger partial charge in [-0.1, -0.05) is 84.0 Å². The van der Waals surface area contributed by atoms with E-state index in [0.29, 0.717) is 19.6 Å². The molecule has 0 aliphatic carbocycles. The van der Waals surface area contributed by atoms with Crippen LogP contribution < -0.4 is 4.74 Å². The molecule has 2 saturated heterocycles. The maximum Gasteiger partial charge on any atom is 0.416 e. The Hall–Kier alpha value is -2.76. The highest BCUT2D eigenvalue weighted by Gasteiger charge is 2.49. The number of amides is 2. The highest BCUT2D eigenvalue weighted by atomic mass is 28.4. The summed E-state index contributed by atoms with van der Waals surface area (Å²) < 4.78 is 36.1. The number of hydrogen-bond donors (Lipinski definition) is 0. The van der Waals surface area contributed by atoms with Gasteiger partial charge in [-0.25, -0.2) is 9.69 Å². The molecule has 4 rings (SSSR count). The summed E-state index contributed by atoms with van der Waals surface area (Å²) in [6, 6.07) is 17.1. The van der Waals surface area contributed by atoms with Crippen molar-refractivity contribution in [2.24, 2.45) is 17.8 Å². The maximum atomic E-state index is 14.2. The van der Waals surface area contributed by atoms with E-state index in [1.165, 1.54) is 4.90 Å². The Morgan fingerprint density at radius 2 is 1.69 bits per heavy atom. The van der Waals surface area contributed by atoms with Crippen LogP contribution in [-0.4, -0.2) is 70.3 Å². The summed E-state index contributed by atoms with van der Waals surface area (Å²) in [6.07, 6.45) is -0.900. The molecular weight excluding hydrogens is 590 g/mol. The molecule has 0 saturated carbocycles. The molecule has 10 heteroatoms. The third-order valence-corrected chi connectivity index (χ3v) is 14.0. The number of ether oxygens (including phenoxy) is 5. The molecule has 0 unspecified atom stereocenters. The van der Waals surface area contributed by atoms with Crippen molar-refractivity contribution in [3.63, 3.8) is 0 Å². The van der Waals surface area contributed by atoms with Crippen molar-refractivity contribution >= 4 is 20.3 Å². The molecule has 2 aliphatic rings. The Bertz CT molecular complexity index is 1260. The summed E-state index contributed by atoms with van der Waals surface area (Å²) in [7, 11) is -0.726. The lowest BCUT2D eigenvalue weighted by Gasteiger charge is -2.46. The Labute approximate surface area is 269 Å². The maximum absolute atomic E-state index is 14.2. The molecule has 0 spiro atoms. The first-order valence-electron chi connectivity index (χ1n) is 15.9. The smallest absolute Gasteiger partial charge is 0.416 e. The molecule has 0 bridgehead atoms. The molecule has 9 nitrogen and oxygen atoms in total. The van der Waals surface area contributed by atoms with Gasteiger partial charge >= 0.3 is 6.09 Å². The fourth-order valence-electron chi connectivity index (χ4n) is 5.74. The van der Waals surface area contributed by atoms with Crippen LogP contribution in [0.1, 0.15) is 52.7 Å². The van der Waals surface area contributed by atoms with Crippen molar-refractivity contribution in [1.82, 2.24) is 4.90 Å². The normalized spacial score (nSPS) is 24.6. The van der Waals surface area contributed by atoms with Crippen LogP contribution >= 0.6 is 0 Å². The Morgan fingerprint density at radius 1 is 1.02 bits per heavy atom. The lowest BCUT2D eigenvalue weighted by atomic mass is 9.83. The van der Waals surface area contributed by atoms with E-state index in [1.807, 2.05) is 61.5 Å². The number of nitrogens with zero attached hydrogens (tertiary/aromatic N) is 1. The van der Waals surface area contributed by atoms with Gasteiger partial charge < -0.3 is 28.1 Å². The van der Waals surface area contributed by atoms with Gasteiger partial charge in [-0.3, -0.25) is 4.79 Å². The van der Waals surface area contributed by atoms with E-state index in [2.05, 4.69) is 47.7 Å². The number of benzene rings is 2. The first kappa shape index (κ1) is 35.1. The van der Waals surface area contributed by atoms with E-state index in [0.717, 1.165) is 16.9 Å². The van der Waals surface area contributed by atoms with E-state index >= 15 is 0 Å². The SMILES string of the molecule is COc1ccc(CO[C@H]2OC[C@H](C)[C@@H]([C@H](C)[C@H](O[Si](C)(C)C(C)(C)C)[C@@H](C)C(=O)N3C(=O)OC[C@H]3Cc3ccccc3)O2)cc1. The van der Waals surface area contributed by atoms with E-state index in [4.69, 9.17) is 28.1 Å². The van der Waals surface area contributed by atoms with E-state index < -0.39 is 32.9 Å². The molecule has 2 aromatic rings. The van der Waals surface area contributed by atoms with Gasteiger partial charge in [0.2, 0.25) is 5.91 Å². The summed E-state index contributed by atoms with van der Waals surface area (Å²) in [5.74, 6) is -0.334. The Morgan fingerprint density at radius 3 is 2.31 bits per heavy atom. The van der Waals surface area contributed by atoms with Crippen LogP contribution in [0.3, 0.4) is 0 Å². The van der Waals surface area contributed by atoms with E-state index in [1.54, 1.807) is 7.11 Å². The number of imide groups is 1. The molecule has 0 aromatic heterocycles. The third kappa shape index (κ3) is 8.54. The summed E-state index contributed by atoms with van der Waals surface area (Å²) in [5, 5.41) is -0.0949. The zero-order valence-corrected chi connectivity index (χ0v) is 29.3. The second-order valence-electron chi connectivity index (χ2n) is 14.0. The monoisotopic (exact) mass is 641 g/mol. The van der Waals surface area contributed by atoms with Crippen molar-refractivity contribution in [3.05, 3.63) is 65.7 Å². The van der Waals surface area contributed by atoms with Crippen molar-refractivity contribution in [1.29, 1.82) is 0 Å². The Balaban J connectivity index is 1.54. The molecule has 2 aliphatic heterocycles. The number of methoxy groups -OCH3 is 1. The molecule has 2 heterocycles. The largest absolute Gasteiger partial charge is 0.497 e. The van der Waals surface area contributed by atoms with Crippen molar-refractivity contribution in [3.8, 4) is 5.75 Å². The van der Waals surface area contributed by atoms with Gasteiger partial charge in [0.05, 0.1) is 44.5 Å². The highest BCUT2D eigenvalue weighted by Crippen LogP contribution is 2.41. The first-order valence-corrected chi connectivity index (χ1v) is 18.9. The van der Waals surface area contributed by atoms with Crippen LogP contribution in [0.5, 0.6) is 5.75 Å². The van der Waals surface area contributed by atoms with Crippen molar-refractivity contribution in [2.45, 2.75) is 97.4 Å². The van der Waals surface area contributed by atoms with Crippen molar-refractivity contribution in [2.75, 3.05) is 20.3 Å². The van der Waals surface area contributed by atoms with Gasteiger partial charge in [0.15, 0.2) is 8.32 Å². The standard InChI is InChI=1S/C35H51NO8Si/c1-23-20-41-34(42-21-27-15-17-29(39-7)18-16-27)43-30(23)24(2)31(44-45(8,9)35(4,5)6)25(3)32(37)36-28(22-40-33(36)38)19-26-13-11-10-12-14-26/h10-18,23-25,28,30-31,34H,19-22H2,1-9H3/t23-,24-,25+,28+,30-,31-,34+/m0/s1. The molecule has 2 aromatic carbocycles. The molecule has 0 radical (unpaired) electrons. The van der Waals surface area contributed by atoms with Gasteiger partial charge in [-0.05, 0) is 47.8 Å². The van der Waals surface area contributed by atoms with E-state index in [9.17, 15) is 9.59 Å². The summed E-state index contributed by atoms with van der Waals surface area (Å²) in [4.78, 5) is 28.5. The molecule has 2 fully saturated rings. The minimum atomic E-state index is -2.36. The van der Waals surface area contributed by atoms with Gasteiger partial charge in [0, 0.05) is 11.8 Å². The number of carbonyl (C=O) groups is 2. The lowest BCUT2D eigenvalue weighted by Crippen LogP contribution is -2.55. The van der Waals surface area contributed by atoms with Crippen LogP contribution in [0.2, 0.25) is 18.1 Å². The minimum absolute atomic E-state index is 0.0243. The molecular formula is C35H51NO8Si. The quantitative estimate of drug-likeness (QED) is 0.234. The van der Waals surface area contributed by atoms with Crippen LogP contribution in [0.4, 0.5) is 4.79 Å². The van der Waals surface area contributed by atoms with Gasteiger partial charge in [0.1, 0.15) is 12.4 Å². The highest BCUT2D eigenvalue weighted by molar-refractivity contribution is 6.74. The van der Waals surface area contributed by atoms with Gasteiger partial charge in [-0.15, -0.1) is 0 Å². The molecule has 248 valence electrons. The van der Waals surface area contributed by atoms with Crippen molar-refractivity contribution < 1.29 is 37.7 Å². The van der Waals surface area contributed by atoms with Gasteiger partial charge in [-0.2, -0.15) is 0 Å². The number of hydrogen-bond acceptors (Lipinski definition) is 8. The predicted octanol–water partition coefficient (Wildman–Crippen LogP) is 6.80. The fraction of sp³-hybridized carbons (Fsp3) is 0.600. The average molecular weight is 642 g/mol. The molecule has 7 atom stereocenters. The van der Waals surface area contributed by atoms with Crippen LogP contribution in [0.25, 0.3) is 0 Å². The van der Waals surface area contributed by atoms with Gasteiger partial charge in [0.25, 0.3) is 6.48 Å². The first-order chi connectivity index (χ1) is 21.2. The summed E-state index contributed by atoms with van der Waals surface area (Å²) in [5.41, 5.74) is 2.01.